The van der Waals surface area contributed by atoms with Gasteiger partial charge in [-0.1, -0.05) is 18.2 Å². The van der Waals surface area contributed by atoms with Gasteiger partial charge in [-0.15, -0.1) is 0 Å². The summed E-state index contributed by atoms with van der Waals surface area (Å²) in [7, 11) is -7.73. The molecule has 0 aromatic heterocycles. The molecule has 2 saturated heterocycles. The molecule has 1 atom stereocenters. The van der Waals surface area contributed by atoms with E-state index in [4.69, 9.17) is 4.74 Å². The van der Waals surface area contributed by atoms with E-state index in [-0.39, 0.29) is 29.0 Å². The molecule has 0 unspecified atom stereocenters. The minimum Gasteiger partial charge on any atom is -0.377 e. The van der Waals surface area contributed by atoms with Gasteiger partial charge in [-0.3, -0.25) is 4.79 Å². The molecule has 1 amide bonds. The highest BCUT2D eigenvalue weighted by Crippen LogP contribution is 2.25. The zero-order valence-electron chi connectivity index (χ0n) is 18.8. The summed E-state index contributed by atoms with van der Waals surface area (Å²) in [4.78, 5) is 12.6. The van der Waals surface area contributed by atoms with Gasteiger partial charge in [0.2, 0.25) is 26.0 Å². The molecule has 1 N–H and O–H groups in total. The van der Waals surface area contributed by atoms with E-state index < -0.39 is 26.0 Å². The van der Waals surface area contributed by atoms with Gasteiger partial charge in [0.25, 0.3) is 0 Å². The summed E-state index contributed by atoms with van der Waals surface area (Å²) in [6.45, 7) is 1.14. The van der Waals surface area contributed by atoms with E-state index in [0.29, 0.717) is 31.8 Å². The van der Waals surface area contributed by atoms with Gasteiger partial charge in [-0.05, 0) is 62.1 Å². The molecule has 0 saturated carbocycles. The second-order valence-electron chi connectivity index (χ2n) is 8.43. The quantitative estimate of drug-likeness (QED) is 0.557. The summed E-state index contributed by atoms with van der Waals surface area (Å²) in [5.74, 6) is -0.471. The van der Waals surface area contributed by atoms with Crippen LogP contribution in [0.25, 0.3) is 0 Å². The number of benzene rings is 2. The second kappa shape index (κ2) is 10.5. The highest BCUT2D eigenvalue weighted by Gasteiger charge is 2.32. The van der Waals surface area contributed by atoms with Crippen LogP contribution in [0.5, 0.6) is 0 Å². The fourth-order valence-electron chi connectivity index (χ4n) is 4.16. The number of para-hydroxylation sites is 1. The third kappa shape index (κ3) is 5.66. The Kier molecular flexibility index (Phi) is 7.68. The molecule has 9 nitrogen and oxygen atoms in total. The molecule has 2 aliphatic heterocycles. The predicted octanol–water partition coefficient (Wildman–Crippen LogP) is 2.28. The van der Waals surface area contributed by atoms with E-state index in [0.717, 1.165) is 23.6 Å². The third-order valence-corrected chi connectivity index (χ3v) is 9.71. The molecule has 11 heteroatoms. The van der Waals surface area contributed by atoms with Crippen LogP contribution in [0.3, 0.4) is 0 Å². The molecule has 0 radical (unpaired) electrons. The summed E-state index contributed by atoms with van der Waals surface area (Å²) in [5.41, 5.74) is 0.568. The number of hydrogen-bond donors (Lipinski definition) is 1. The number of amides is 1. The molecule has 2 aliphatic rings. The minimum absolute atomic E-state index is 0.0401. The van der Waals surface area contributed by atoms with Crippen molar-refractivity contribution in [3.8, 4) is 0 Å². The summed E-state index contributed by atoms with van der Waals surface area (Å²) < 4.78 is 60.6. The molecule has 2 aromatic rings. The Morgan fingerprint density at radius 1 is 0.941 bits per heavy atom. The number of anilines is 1. The van der Waals surface area contributed by atoms with Crippen molar-refractivity contribution < 1.29 is 26.4 Å². The zero-order valence-corrected chi connectivity index (χ0v) is 20.4. The number of nitrogens with one attached hydrogen (secondary N) is 1. The van der Waals surface area contributed by atoms with Crippen molar-refractivity contribution in [1.29, 1.82) is 0 Å². The molecule has 2 heterocycles. The lowest BCUT2D eigenvalue weighted by atomic mass is 10.2. The molecule has 34 heavy (non-hydrogen) atoms. The van der Waals surface area contributed by atoms with Gasteiger partial charge in [0.15, 0.2) is 0 Å². The van der Waals surface area contributed by atoms with Crippen LogP contribution in [0.15, 0.2) is 64.4 Å². The zero-order chi connectivity index (χ0) is 24.2. The first-order valence-corrected chi connectivity index (χ1v) is 14.2. The molecule has 0 aliphatic carbocycles. The Labute approximate surface area is 200 Å². The maximum Gasteiger partial charge on any atom is 0.243 e. The van der Waals surface area contributed by atoms with Crippen LogP contribution in [-0.4, -0.2) is 70.2 Å². The molecule has 2 aromatic carbocycles. The van der Waals surface area contributed by atoms with Crippen LogP contribution in [0.4, 0.5) is 5.69 Å². The first-order chi connectivity index (χ1) is 16.3. The number of sulfonamides is 2. The van der Waals surface area contributed by atoms with Crippen molar-refractivity contribution in [2.24, 2.45) is 0 Å². The lowest BCUT2D eigenvalue weighted by molar-refractivity contribution is -0.116. The van der Waals surface area contributed by atoms with E-state index >= 15 is 0 Å². The Bertz CT molecular complexity index is 1190. The van der Waals surface area contributed by atoms with Crippen LogP contribution >= 0.6 is 0 Å². The van der Waals surface area contributed by atoms with Gasteiger partial charge in [0.05, 0.1) is 22.4 Å². The molecule has 0 bridgehead atoms. The van der Waals surface area contributed by atoms with E-state index in [1.807, 2.05) is 6.07 Å². The molecule has 4 rings (SSSR count). The first kappa shape index (κ1) is 24.8. The van der Waals surface area contributed by atoms with Crippen LogP contribution in [0.1, 0.15) is 25.7 Å². The van der Waals surface area contributed by atoms with Gasteiger partial charge < -0.3 is 10.1 Å². The van der Waals surface area contributed by atoms with E-state index in [9.17, 15) is 21.6 Å². The highest BCUT2D eigenvalue weighted by atomic mass is 32.2. The van der Waals surface area contributed by atoms with Gasteiger partial charge in [0.1, 0.15) is 0 Å². The molecular formula is C23H29N3O6S2. The number of rotatable bonds is 9. The Morgan fingerprint density at radius 2 is 1.59 bits per heavy atom. The van der Waals surface area contributed by atoms with Crippen LogP contribution in [0.2, 0.25) is 0 Å². The largest absolute Gasteiger partial charge is 0.377 e. The number of hydrogen-bond acceptors (Lipinski definition) is 6. The monoisotopic (exact) mass is 507 g/mol. The van der Waals surface area contributed by atoms with Crippen LogP contribution in [0, 0.1) is 0 Å². The highest BCUT2D eigenvalue weighted by molar-refractivity contribution is 7.89. The molecule has 0 spiro atoms. The maximum atomic E-state index is 13.5. The summed E-state index contributed by atoms with van der Waals surface area (Å²) >= 11 is 0. The Balaban J connectivity index is 1.54. The fourth-order valence-corrected chi connectivity index (χ4v) is 7.10. The van der Waals surface area contributed by atoms with Crippen LogP contribution in [-0.2, 0) is 29.6 Å². The van der Waals surface area contributed by atoms with Crippen molar-refractivity contribution in [1.82, 2.24) is 8.61 Å². The Hall–Kier alpha value is -2.31. The van der Waals surface area contributed by atoms with Gasteiger partial charge in [-0.25, -0.2) is 16.8 Å². The number of carbonyl (C=O) groups excluding carboxylic acids is 1. The summed E-state index contributed by atoms with van der Waals surface area (Å²) in [6.07, 6.45) is 2.87. The van der Waals surface area contributed by atoms with Gasteiger partial charge in [0, 0.05) is 31.9 Å². The normalized spacial score (nSPS) is 19.5. The van der Waals surface area contributed by atoms with Crippen molar-refractivity contribution in [3.05, 3.63) is 54.6 Å². The number of carbonyl (C=O) groups is 1. The lowest BCUT2D eigenvalue weighted by Crippen LogP contribution is -2.42. The maximum absolute atomic E-state index is 13.5. The molecule has 184 valence electrons. The standard InChI is InChI=1S/C23H29N3O6S2/c27-23(24-19-7-2-1-3-8-19)18-26(17-20-9-6-16-32-20)34(30,31)22-12-10-21(11-13-22)33(28,29)25-14-4-5-15-25/h1-3,7-8,10-13,20H,4-6,9,14-18H2,(H,24,27)/t20-/m0/s1. The topological polar surface area (TPSA) is 113 Å². The van der Waals surface area contributed by atoms with Gasteiger partial charge in [-0.2, -0.15) is 8.61 Å². The summed E-state index contributed by atoms with van der Waals surface area (Å²) in [5, 5.41) is 2.71. The van der Waals surface area contributed by atoms with Gasteiger partial charge >= 0.3 is 0 Å². The first-order valence-electron chi connectivity index (χ1n) is 11.3. The Morgan fingerprint density at radius 3 is 2.21 bits per heavy atom. The van der Waals surface area contributed by atoms with Crippen molar-refractivity contribution in [2.45, 2.75) is 41.6 Å². The fraction of sp³-hybridized carbons (Fsp3) is 0.435. The predicted molar refractivity (Wildman–Crippen MR) is 127 cm³/mol. The second-order valence-corrected chi connectivity index (χ2v) is 12.3. The van der Waals surface area contributed by atoms with E-state index in [2.05, 4.69) is 5.32 Å². The number of ether oxygens (including phenoxy) is 1. The van der Waals surface area contributed by atoms with Crippen molar-refractivity contribution >= 4 is 31.6 Å². The van der Waals surface area contributed by atoms with E-state index in [1.165, 1.54) is 28.6 Å². The SMILES string of the molecule is O=C(CN(C[C@@H]1CCCO1)S(=O)(=O)c1ccc(S(=O)(=O)N2CCCC2)cc1)Nc1ccccc1. The third-order valence-electron chi connectivity index (χ3n) is 5.97. The van der Waals surface area contributed by atoms with Crippen LogP contribution < -0.4 is 5.32 Å². The number of nitrogens with zero attached hydrogens (tertiary/aromatic N) is 2. The average Bonchev–Trinajstić information content (AvgIpc) is 3.54. The smallest absolute Gasteiger partial charge is 0.243 e. The minimum atomic E-state index is -4.07. The lowest BCUT2D eigenvalue weighted by Gasteiger charge is -2.24. The van der Waals surface area contributed by atoms with E-state index in [1.54, 1.807) is 24.3 Å². The molecular weight excluding hydrogens is 478 g/mol. The van der Waals surface area contributed by atoms with Crippen molar-refractivity contribution in [3.63, 3.8) is 0 Å². The molecule has 2 fully saturated rings. The summed E-state index contributed by atoms with van der Waals surface area (Å²) in [6, 6.07) is 14.0. The average molecular weight is 508 g/mol. The van der Waals surface area contributed by atoms with Crippen molar-refractivity contribution in [2.75, 3.05) is 38.1 Å².